The Morgan fingerprint density at radius 2 is 1.75 bits per heavy atom. The van der Waals surface area contributed by atoms with Gasteiger partial charge in [0.1, 0.15) is 5.82 Å². The van der Waals surface area contributed by atoms with E-state index in [9.17, 15) is 4.39 Å². The number of hydrogen-bond acceptors (Lipinski definition) is 3. The van der Waals surface area contributed by atoms with Crippen molar-refractivity contribution in [1.82, 2.24) is 10.6 Å². The van der Waals surface area contributed by atoms with Crippen molar-refractivity contribution in [3.05, 3.63) is 71.0 Å². The molecule has 0 heterocycles. The summed E-state index contributed by atoms with van der Waals surface area (Å²) in [5.41, 5.74) is 2.81. The Morgan fingerprint density at radius 3 is 2.54 bits per heavy atom. The maximum atomic E-state index is 13.8. The quantitative estimate of drug-likeness (QED) is 0.351. The number of rotatable bonds is 11. The van der Waals surface area contributed by atoms with Crippen LogP contribution in [0.15, 0.2) is 53.5 Å². The van der Waals surface area contributed by atoms with E-state index < -0.39 is 0 Å². The molecule has 0 radical (unpaired) electrons. The van der Waals surface area contributed by atoms with Crippen LogP contribution in [0.2, 0.25) is 0 Å². The molecule has 2 rings (SSSR count). The average molecular weight is 387 g/mol. The fourth-order valence-electron chi connectivity index (χ4n) is 2.60. The first-order chi connectivity index (χ1) is 13.7. The lowest BCUT2D eigenvalue weighted by Crippen LogP contribution is -2.37. The summed E-state index contributed by atoms with van der Waals surface area (Å²) >= 11 is 0. The van der Waals surface area contributed by atoms with Gasteiger partial charge < -0.3 is 20.1 Å². The monoisotopic (exact) mass is 387 g/mol. The predicted molar refractivity (Wildman–Crippen MR) is 111 cm³/mol. The van der Waals surface area contributed by atoms with Crippen LogP contribution in [0.3, 0.4) is 0 Å². The fraction of sp³-hybridized carbons (Fsp3) is 0.409. The summed E-state index contributed by atoms with van der Waals surface area (Å²) in [4.78, 5) is 4.60. The van der Waals surface area contributed by atoms with Crippen LogP contribution in [-0.4, -0.2) is 32.3 Å². The van der Waals surface area contributed by atoms with Crippen molar-refractivity contribution in [3.8, 4) is 0 Å². The molecular formula is C22H30FN3O2. The molecule has 0 fully saturated rings. The van der Waals surface area contributed by atoms with Crippen molar-refractivity contribution in [2.75, 3.05) is 26.4 Å². The van der Waals surface area contributed by atoms with Gasteiger partial charge in [-0.1, -0.05) is 42.5 Å². The van der Waals surface area contributed by atoms with Crippen LogP contribution < -0.4 is 10.6 Å². The van der Waals surface area contributed by atoms with Gasteiger partial charge in [0.15, 0.2) is 5.96 Å². The predicted octanol–water partition coefficient (Wildman–Crippen LogP) is 3.63. The van der Waals surface area contributed by atoms with Gasteiger partial charge in [-0.25, -0.2) is 9.38 Å². The van der Waals surface area contributed by atoms with E-state index in [-0.39, 0.29) is 5.82 Å². The number of ether oxygens (including phenoxy) is 2. The summed E-state index contributed by atoms with van der Waals surface area (Å²) in [6, 6.07) is 14.9. The van der Waals surface area contributed by atoms with Gasteiger partial charge in [-0.3, -0.25) is 0 Å². The molecule has 2 aromatic rings. The minimum absolute atomic E-state index is 0.220. The van der Waals surface area contributed by atoms with Crippen LogP contribution in [0, 0.1) is 5.82 Å². The molecule has 0 aliphatic heterocycles. The van der Waals surface area contributed by atoms with Gasteiger partial charge >= 0.3 is 0 Å². The normalized spacial score (nSPS) is 11.5. The Balaban J connectivity index is 1.89. The van der Waals surface area contributed by atoms with Crippen molar-refractivity contribution >= 4 is 5.96 Å². The van der Waals surface area contributed by atoms with Gasteiger partial charge in [-0.05, 0) is 31.0 Å². The zero-order chi connectivity index (χ0) is 20.0. The topological polar surface area (TPSA) is 54.9 Å². The first kappa shape index (κ1) is 21.9. The molecule has 2 N–H and O–H groups in total. The second-order valence-corrected chi connectivity index (χ2v) is 6.21. The molecule has 152 valence electrons. The third-order valence-corrected chi connectivity index (χ3v) is 4.00. The Labute approximate surface area is 167 Å². The third-order valence-electron chi connectivity index (χ3n) is 4.00. The van der Waals surface area contributed by atoms with Crippen molar-refractivity contribution in [2.45, 2.75) is 33.5 Å². The van der Waals surface area contributed by atoms with E-state index in [2.05, 4.69) is 21.7 Å². The molecule has 0 saturated carbocycles. The summed E-state index contributed by atoms with van der Waals surface area (Å²) in [6.07, 6.45) is 0. The SMILES string of the molecule is CCNC(=NCc1cccc(COCCOCC)c1)NCc1ccccc1F. The van der Waals surface area contributed by atoms with Gasteiger partial charge in [0.25, 0.3) is 0 Å². The highest BCUT2D eigenvalue weighted by atomic mass is 19.1. The molecule has 28 heavy (non-hydrogen) atoms. The Hall–Kier alpha value is -2.44. The first-order valence-electron chi connectivity index (χ1n) is 9.71. The molecule has 0 aliphatic rings. The van der Waals surface area contributed by atoms with Gasteiger partial charge in [-0.2, -0.15) is 0 Å². The summed E-state index contributed by atoms with van der Waals surface area (Å²) in [5, 5.41) is 6.37. The number of guanidine groups is 1. The molecule has 2 aromatic carbocycles. The second-order valence-electron chi connectivity index (χ2n) is 6.21. The van der Waals surface area contributed by atoms with Crippen molar-refractivity contribution in [2.24, 2.45) is 4.99 Å². The second kappa shape index (κ2) is 12.9. The van der Waals surface area contributed by atoms with E-state index in [0.29, 0.717) is 51.0 Å². The van der Waals surface area contributed by atoms with Crippen LogP contribution >= 0.6 is 0 Å². The maximum Gasteiger partial charge on any atom is 0.191 e. The molecular weight excluding hydrogens is 357 g/mol. The van der Waals surface area contributed by atoms with Gasteiger partial charge in [-0.15, -0.1) is 0 Å². The van der Waals surface area contributed by atoms with Gasteiger partial charge in [0.05, 0.1) is 26.4 Å². The average Bonchev–Trinajstić information content (AvgIpc) is 2.71. The fourth-order valence-corrected chi connectivity index (χ4v) is 2.60. The van der Waals surface area contributed by atoms with E-state index in [0.717, 1.165) is 17.7 Å². The summed E-state index contributed by atoms with van der Waals surface area (Å²) in [7, 11) is 0. The van der Waals surface area contributed by atoms with Crippen molar-refractivity contribution in [1.29, 1.82) is 0 Å². The lowest BCUT2D eigenvalue weighted by atomic mass is 10.1. The molecule has 0 aliphatic carbocycles. The lowest BCUT2D eigenvalue weighted by Gasteiger charge is -2.12. The highest BCUT2D eigenvalue weighted by molar-refractivity contribution is 5.79. The standard InChI is InChI=1S/C22H30FN3O2/c1-3-24-22(26-16-20-10-5-6-11-21(20)23)25-15-18-8-7-9-19(14-18)17-28-13-12-27-4-2/h5-11,14H,3-4,12-13,15-17H2,1-2H3,(H2,24,25,26). The van der Waals surface area contributed by atoms with Crippen molar-refractivity contribution < 1.29 is 13.9 Å². The summed E-state index contributed by atoms with van der Waals surface area (Å²) in [6.45, 7) is 8.06. The van der Waals surface area contributed by atoms with Crippen LogP contribution in [0.5, 0.6) is 0 Å². The molecule has 0 aromatic heterocycles. The third kappa shape index (κ3) is 8.06. The van der Waals surface area contributed by atoms with E-state index in [1.54, 1.807) is 12.1 Å². The van der Waals surface area contributed by atoms with Gasteiger partial charge in [0.2, 0.25) is 0 Å². The van der Waals surface area contributed by atoms with E-state index in [4.69, 9.17) is 9.47 Å². The zero-order valence-corrected chi connectivity index (χ0v) is 16.7. The summed E-state index contributed by atoms with van der Waals surface area (Å²) in [5.74, 6) is 0.437. The minimum Gasteiger partial charge on any atom is -0.379 e. The molecule has 0 atom stereocenters. The molecule has 0 bridgehead atoms. The smallest absolute Gasteiger partial charge is 0.191 e. The Bertz CT molecular complexity index is 737. The van der Waals surface area contributed by atoms with E-state index >= 15 is 0 Å². The van der Waals surface area contributed by atoms with Gasteiger partial charge in [0, 0.05) is 25.3 Å². The maximum absolute atomic E-state index is 13.8. The number of halogens is 1. The number of nitrogens with zero attached hydrogens (tertiary/aromatic N) is 1. The van der Waals surface area contributed by atoms with Crippen LogP contribution in [0.4, 0.5) is 4.39 Å². The highest BCUT2D eigenvalue weighted by Crippen LogP contribution is 2.09. The summed E-state index contributed by atoms with van der Waals surface area (Å²) < 4.78 is 24.7. The van der Waals surface area contributed by atoms with E-state index in [1.807, 2.05) is 38.1 Å². The molecule has 0 saturated heterocycles. The zero-order valence-electron chi connectivity index (χ0n) is 16.7. The molecule has 0 amide bonds. The van der Waals surface area contributed by atoms with Crippen molar-refractivity contribution in [3.63, 3.8) is 0 Å². The highest BCUT2D eigenvalue weighted by Gasteiger charge is 2.03. The number of hydrogen-bond donors (Lipinski definition) is 2. The van der Waals surface area contributed by atoms with Crippen LogP contribution in [0.1, 0.15) is 30.5 Å². The number of benzene rings is 2. The lowest BCUT2D eigenvalue weighted by molar-refractivity contribution is 0.0453. The minimum atomic E-state index is -0.220. The molecule has 0 unspecified atom stereocenters. The Kier molecular flexibility index (Phi) is 10.0. The number of nitrogens with one attached hydrogen (secondary N) is 2. The van der Waals surface area contributed by atoms with E-state index in [1.165, 1.54) is 6.07 Å². The first-order valence-corrected chi connectivity index (χ1v) is 9.71. The van der Waals surface area contributed by atoms with Crippen LogP contribution in [-0.2, 0) is 29.2 Å². The molecule has 6 heteroatoms. The molecule has 5 nitrogen and oxygen atoms in total. The number of aliphatic imine (C=N–C) groups is 1. The van der Waals surface area contributed by atoms with Crippen LogP contribution in [0.25, 0.3) is 0 Å². The molecule has 0 spiro atoms. The Morgan fingerprint density at radius 1 is 0.964 bits per heavy atom. The largest absolute Gasteiger partial charge is 0.379 e.